The van der Waals surface area contributed by atoms with Gasteiger partial charge in [0.1, 0.15) is 4.99 Å². The van der Waals surface area contributed by atoms with Crippen LogP contribution in [0.2, 0.25) is 0 Å². The standard InChI is InChI=1S/C18H27NOS/c1-13-6-5-7-14(8-13)16(21)19-12-18(4)10-15(20)9-17(2,3)11-18/h5-8,15,20H,9-12H2,1-4H3,(H,19,21)/t15-,18+/m1/s1. The van der Waals surface area contributed by atoms with Gasteiger partial charge in [-0.15, -0.1) is 0 Å². The normalized spacial score (nSPS) is 28.1. The third-order valence-corrected chi connectivity index (χ3v) is 4.76. The predicted molar refractivity (Wildman–Crippen MR) is 92.6 cm³/mol. The number of aryl methyl sites for hydroxylation is 1. The first-order chi connectivity index (χ1) is 9.69. The molecule has 0 aliphatic heterocycles. The third kappa shape index (κ3) is 4.52. The van der Waals surface area contributed by atoms with Crippen molar-refractivity contribution in [3.05, 3.63) is 35.4 Å². The van der Waals surface area contributed by atoms with Crippen LogP contribution in [0.1, 0.15) is 51.2 Å². The second-order valence-electron chi connectivity index (χ2n) is 7.77. The monoisotopic (exact) mass is 305 g/mol. The second-order valence-corrected chi connectivity index (χ2v) is 8.17. The number of nitrogens with one attached hydrogen (secondary N) is 1. The fourth-order valence-corrected chi connectivity index (χ4v) is 4.09. The van der Waals surface area contributed by atoms with Gasteiger partial charge in [-0.2, -0.15) is 0 Å². The molecule has 1 fully saturated rings. The van der Waals surface area contributed by atoms with E-state index in [0.29, 0.717) is 0 Å². The Bertz CT molecular complexity index is 526. The number of hydrogen-bond donors (Lipinski definition) is 2. The van der Waals surface area contributed by atoms with Crippen molar-refractivity contribution >= 4 is 17.2 Å². The Morgan fingerprint density at radius 3 is 2.67 bits per heavy atom. The Balaban J connectivity index is 2.00. The molecule has 2 N–H and O–H groups in total. The van der Waals surface area contributed by atoms with Gasteiger partial charge in [-0.05, 0) is 43.1 Å². The highest BCUT2D eigenvalue weighted by Crippen LogP contribution is 2.45. The molecule has 116 valence electrons. The van der Waals surface area contributed by atoms with E-state index >= 15 is 0 Å². The van der Waals surface area contributed by atoms with Crippen molar-refractivity contribution in [2.75, 3.05) is 6.54 Å². The van der Waals surface area contributed by atoms with Crippen LogP contribution < -0.4 is 5.32 Å². The van der Waals surface area contributed by atoms with Gasteiger partial charge in [0.25, 0.3) is 0 Å². The Morgan fingerprint density at radius 2 is 2.05 bits per heavy atom. The predicted octanol–water partition coefficient (Wildman–Crippen LogP) is 3.84. The van der Waals surface area contributed by atoms with Crippen LogP contribution in [0.15, 0.2) is 24.3 Å². The molecule has 2 nitrogen and oxygen atoms in total. The number of rotatable bonds is 3. The largest absolute Gasteiger partial charge is 0.393 e. The lowest BCUT2D eigenvalue weighted by Crippen LogP contribution is -2.45. The molecule has 2 atom stereocenters. The summed E-state index contributed by atoms with van der Waals surface area (Å²) in [5.41, 5.74) is 2.58. The van der Waals surface area contributed by atoms with Gasteiger partial charge in [0.15, 0.2) is 0 Å². The number of thiocarbonyl (C=S) groups is 1. The maximum Gasteiger partial charge on any atom is 0.106 e. The van der Waals surface area contributed by atoms with Gasteiger partial charge in [0.2, 0.25) is 0 Å². The molecular formula is C18H27NOS. The highest BCUT2D eigenvalue weighted by molar-refractivity contribution is 7.80. The molecule has 21 heavy (non-hydrogen) atoms. The minimum atomic E-state index is -0.201. The molecule has 0 saturated heterocycles. The first-order valence-electron chi connectivity index (χ1n) is 7.72. The van der Waals surface area contributed by atoms with Gasteiger partial charge in [0, 0.05) is 12.1 Å². The third-order valence-electron chi connectivity index (χ3n) is 4.38. The van der Waals surface area contributed by atoms with E-state index < -0.39 is 0 Å². The second kappa shape index (κ2) is 6.05. The minimum absolute atomic E-state index is 0.0923. The summed E-state index contributed by atoms with van der Waals surface area (Å²) in [5.74, 6) is 0. The molecule has 1 aromatic carbocycles. The quantitative estimate of drug-likeness (QED) is 0.832. The van der Waals surface area contributed by atoms with Crippen LogP contribution in [-0.2, 0) is 0 Å². The smallest absolute Gasteiger partial charge is 0.106 e. The summed E-state index contributed by atoms with van der Waals surface area (Å²) in [5, 5.41) is 13.6. The highest BCUT2D eigenvalue weighted by atomic mass is 32.1. The molecule has 1 aliphatic carbocycles. The average Bonchev–Trinajstić information content (AvgIpc) is 2.33. The van der Waals surface area contributed by atoms with Crippen LogP contribution in [0.5, 0.6) is 0 Å². The van der Waals surface area contributed by atoms with Crippen LogP contribution in [0.25, 0.3) is 0 Å². The van der Waals surface area contributed by atoms with E-state index in [4.69, 9.17) is 12.2 Å². The minimum Gasteiger partial charge on any atom is -0.393 e. The van der Waals surface area contributed by atoms with Crippen molar-refractivity contribution in [2.24, 2.45) is 10.8 Å². The molecule has 3 heteroatoms. The zero-order valence-electron chi connectivity index (χ0n) is 13.6. The summed E-state index contributed by atoms with van der Waals surface area (Å²) in [4.78, 5) is 0.804. The van der Waals surface area contributed by atoms with Crippen molar-refractivity contribution in [1.82, 2.24) is 5.32 Å². The molecule has 0 radical (unpaired) electrons. The summed E-state index contributed by atoms with van der Waals surface area (Å²) in [7, 11) is 0. The van der Waals surface area contributed by atoms with Crippen molar-refractivity contribution in [2.45, 2.75) is 53.1 Å². The van der Waals surface area contributed by atoms with Gasteiger partial charge in [0.05, 0.1) is 6.10 Å². The summed E-state index contributed by atoms with van der Waals surface area (Å²) < 4.78 is 0. The zero-order valence-corrected chi connectivity index (χ0v) is 14.4. The number of hydrogen-bond acceptors (Lipinski definition) is 2. The Hall–Kier alpha value is -0.930. The molecule has 0 amide bonds. The molecule has 0 heterocycles. The SMILES string of the molecule is Cc1cccc(C(=S)NC[C@@]2(C)C[C@H](O)CC(C)(C)C2)c1. The van der Waals surface area contributed by atoms with Gasteiger partial charge < -0.3 is 10.4 Å². The van der Waals surface area contributed by atoms with Crippen molar-refractivity contribution < 1.29 is 5.11 Å². The molecule has 0 spiro atoms. The lowest BCUT2D eigenvalue weighted by Gasteiger charge is -2.45. The highest BCUT2D eigenvalue weighted by Gasteiger charge is 2.40. The van der Waals surface area contributed by atoms with E-state index in [1.54, 1.807) is 0 Å². The fraction of sp³-hybridized carbons (Fsp3) is 0.611. The van der Waals surface area contributed by atoms with Gasteiger partial charge in [-0.1, -0.05) is 56.8 Å². The number of aliphatic hydroxyl groups excluding tert-OH is 1. The van der Waals surface area contributed by atoms with E-state index in [9.17, 15) is 5.11 Å². The lowest BCUT2D eigenvalue weighted by atomic mass is 9.63. The lowest BCUT2D eigenvalue weighted by molar-refractivity contribution is -0.00679. The zero-order chi connectivity index (χ0) is 15.7. The molecule has 1 aromatic rings. The van der Waals surface area contributed by atoms with Crippen LogP contribution in [-0.4, -0.2) is 22.7 Å². The van der Waals surface area contributed by atoms with Crippen LogP contribution in [0, 0.1) is 17.8 Å². The van der Waals surface area contributed by atoms with Gasteiger partial charge >= 0.3 is 0 Å². The Kier molecular flexibility index (Phi) is 4.74. The molecular weight excluding hydrogens is 278 g/mol. The van der Waals surface area contributed by atoms with E-state index in [1.165, 1.54) is 5.56 Å². The number of aliphatic hydroxyl groups is 1. The molecule has 1 saturated carbocycles. The maximum absolute atomic E-state index is 10.1. The molecule has 1 aliphatic rings. The van der Waals surface area contributed by atoms with Crippen molar-refractivity contribution in [3.63, 3.8) is 0 Å². The average molecular weight is 305 g/mol. The first-order valence-corrected chi connectivity index (χ1v) is 8.13. The summed E-state index contributed by atoms with van der Waals surface area (Å²) >= 11 is 5.51. The topological polar surface area (TPSA) is 32.3 Å². The Morgan fingerprint density at radius 1 is 1.33 bits per heavy atom. The van der Waals surface area contributed by atoms with E-state index in [2.05, 4.69) is 45.1 Å². The van der Waals surface area contributed by atoms with Crippen LogP contribution in [0.3, 0.4) is 0 Å². The fourth-order valence-electron chi connectivity index (χ4n) is 3.90. The van der Waals surface area contributed by atoms with Crippen LogP contribution >= 0.6 is 12.2 Å². The van der Waals surface area contributed by atoms with E-state index in [1.807, 2.05) is 12.1 Å². The van der Waals surface area contributed by atoms with Crippen molar-refractivity contribution in [3.8, 4) is 0 Å². The summed E-state index contributed by atoms with van der Waals surface area (Å²) in [6.07, 6.45) is 2.65. The molecule has 0 bridgehead atoms. The van der Waals surface area contributed by atoms with Crippen molar-refractivity contribution in [1.29, 1.82) is 0 Å². The van der Waals surface area contributed by atoms with Gasteiger partial charge in [-0.25, -0.2) is 0 Å². The van der Waals surface area contributed by atoms with E-state index in [0.717, 1.165) is 36.4 Å². The number of benzene rings is 1. The summed E-state index contributed by atoms with van der Waals surface area (Å²) in [6, 6.07) is 8.27. The molecule has 2 rings (SSSR count). The van der Waals surface area contributed by atoms with E-state index in [-0.39, 0.29) is 16.9 Å². The molecule has 0 aromatic heterocycles. The van der Waals surface area contributed by atoms with Gasteiger partial charge in [-0.3, -0.25) is 0 Å². The molecule has 0 unspecified atom stereocenters. The Labute approximate surface area is 134 Å². The first kappa shape index (κ1) is 16.4. The maximum atomic E-state index is 10.1. The summed E-state index contributed by atoms with van der Waals surface area (Å²) in [6.45, 7) is 9.63. The van der Waals surface area contributed by atoms with Crippen LogP contribution in [0.4, 0.5) is 0 Å².